The van der Waals surface area contributed by atoms with Gasteiger partial charge in [0, 0.05) is 17.5 Å². The van der Waals surface area contributed by atoms with E-state index in [1.54, 1.807) is 34.2 Å². The molecule has 0 spiro atoms. The van der Waals surface area contributed by atoms with Crippen molar-refractivity contribution >= 4 is 51.3 Å². The highest BCUT2D eigenvalue weighted by atomic mass is 32.2. The number of hydrogen-bond acceptors (Lipinski definition) is 8. The number of aryl methyl sites for hydroxylation is 1. The fourth-order valence-corrected chi connectivity index (χ4v) is 5.05. The quantitative estimate of drug-likeness (QED) is 0.345. The van der Waals surface area contributed by atoms with Crippen molar-refractivity contribution in [2.24, 2.45) is 0 Å². The van der Waals surface area contributed by atoms with Crippen molar-refractivity contribution in [1.29, 1.82) is 0 Å². The lowest BCUT2D eigenvalue weighted by Crippen LogP contribution is -2.16. The van der Waals surface area contributed by atoms with Crippen LogP contribution in [0.1, 0.15) is 10.6 Å². The molecule has 2 N–H and O–H groups in total. The molecule has 4 aromatic rings. The van der Waals surface area contributed by atoms with Crippen LogP contribution >= 0.6 is 34.4 Å². The molecule has 0 saturated heterocycles. The van der Waals surface area contributed by atoms with Crippen LogP contribution in [0.3, 0.4) is 0 Å². The molecule has 31 heavy (non-hydrogen) atoms. The molecule has 0 aliphatic carbocycles. The monoisotopic (exact) mass is 474 g/mol. The van der Waals surface area contributed by atoms with Crippen LogP contribution in [0.15, 0.2) is 52.2 Å². The number of nitrogens with zero attached hydrogens (tertiary/aromatic N) is 4. The van der Waals surface area contributed by atoms with Gasteiger partial charge in [-0.25, -0.2) is 9.07 Å². The summed E-state index contributed by atoms with van der Waals surface area (Å²) >= 11 is 4.48. The Bertz CT molecular complexity index is 1140. The number of nitrogens with one attached hydrogen (secondary N) is 2. The van der Waals surface area contributed by atoms with Crippen molar-refractivity contribution in [3.05, 3.63) is 64.2 Å². The second kappa shape index (κ2) is 10.0. The first kappa shape index (κ1) is 21.5. The van der Waals surface area contributed by atoms with Crippen molar-refractivity contribution in [3.8, 4) is 5.69 Å². The molecule has 160 valence electrons. The Hall–Kier alpha value is -2.76. The number of carbonyl (C=O) groups excluding carboxylic acids is 1. The number of anilines is 2. The van der Waals surface area contributed by atoms with E-state index in [0.717, 1.165) is 28.1 Å². The SMILES string of the molecule is Cc1cc(NC(=O)CSc2nnc(NCCc3cccs3)s2)n(-c2ccc(F)cc2)n1. The maximum atomic E-state index is 13.2. The summed E-state index contributed by atoms with van der Waals surface area (Å²) in [7, 11) is 0. The number of hydrogen-bond donors (Lipinski definition) is 2. The lowest BCUT2D eigenvalue weighted by molar-refractivity contribution is -0.113. The van der Waals surface area contributed by atoms with Crippen LogP contribution < -0.4 is 10.6 Å². The lowest BCUT2D eigenvalue weighted by atomic mass is 10.3. The van der Waals surface area contributed by atoms with Gasteiger partial charge in [-0.1, -0.05) is 29.2 Å². The molecule has 1 aromatic carbocycles. The fraction of sp³-hybridized carbons (Fsp3) is 0.200. The maximum absolute atomic E-state index is 13.2. The first-order chi connectivity index (χ1) is 15.1. The number of benzene rings is 1. The van der Waals surface area contributed by atoms with Gasteiger partial charge in [0.1, 0.15) is 11.6 Å². The van der Waals surface area contributed by atoms with Gasteiger partial charge in [-0.05, 0) is 49.1 Å². The van der Waals surface area contributed by atoms with Gasteiger partial charge in [0.25, 0.3) is 0 Å². The number of halogens is 1. The molecule has 0 bridgehead atoms. The lowest BCUT2D eigenvalue weighted by Gasteiger charge is -2.08. The number of thioether (sulfide) groups is 1. The number of carbonyl (C=O) groups is 1. The molecule has 0 unspecified atom stereocenters. The number of rotatable bonds is 9. The van der Waals surface area contributed by atoms with Crippen molar-refractivity contribution < 1.29 is 9.18 Å². The van der Waals surface area contributed by atoms with E-state index in [9.17, 15) is 9.18 Å². The van der Waals surface area contributed by atoms with E-state index >= 15 is 0 Å². The largest absolute Gasteiger partial charge is 0.360 e. The summed E-state index contributed by atoms with van der Waals surface area (Å²) in [5, 5.41) is 21.6. The van der Waals surface area contributed by atoms with Crippen LogP contribution in [0.2, 0.25) is 0 Å². The predicted molar refractivity (Wildman–Crippen MR) is 124 cm³/mol. The van der Waals surface area contributed by atoms with Crippen LogP contribution in [0.25, 0.3) is 5.69 Å². The minimum atomic E-state index is -0.327. The van der Waals surface area contributed by atoms with E-state index in [2.05, 4.69) is 37.4 Å². The van der Waals surface area contributed by atoms with Crippen molar-refractivity contribution in [2.45, 2.75) is 17.7 Å². The maximum Gasteiger partial charge on any atom is 0.235 e. The molecule has 7 nitrogen and oxygen atoms in total. The van der Waals surface area contributed by atoms with Gasteiger partial charge in [0.05, 0.1) is 17.1 Å². The summed E-state index contributed by atoms with van der Waals surface area (Å²) in [5.74, 6) is 0.211. The highest BCUT2D eigenvalue weighted by molar-refractivity contribution is 8.01. The zero-order chi connectivity index (χ0) is 21.6. The van der Waals surface area contributed by atoms with Gasteiger partial charge >= 0.3 is 0 Å². The molecule has 11 heteroatoms. The Kier molecular flexibility index (Phi) is 6.95. The second-order valence-electron chi connectivity index (χ2n) is 6.53. The predicted octanol–water partition coefficient (Wildman–Crippen LogP) is 4.62. The molecule has 0 radical (unpaired) electrons. The zero-order valence-corrected chi connectivity index (χ0v) is 19.0. The third kappa shape index (κ3) is 5.90. The van der Waals surface area contributed by atoms with Crippen molar-refractivity contribution in [1.82, 2.24) is 20.0 Å². The van der Waals surface area contributed by atoms with E-state index in [4.69, 9.17) is 0 Å². The van der Waals surface area contributed by atoms with Crippen LogP contribution in [0.5, 0.6) is 0 Å². The van der Waals surface area contributed by atoms with E-state index in [-0.39, 0.29) is 17.5 Å². The van der Waals surface area contributed by atoms with Gasteiger partial charge in [0.2, 0.25) is 11.0 Å². The van der Waals surface area contributed by atoms with Crippen molar-refractivity contribution in [3.63, 3.8) is 0 Å². The Morgan fingerprint density at radius 1 is 1.23 bits per heavy atom. The van der Waals surface area contributed by atoms with E-state index in [0.29, 0.717) is 11.5 Å². The smallest absolute Gasteiger partial charge is 0.235 e. The first-order valence-corrected chi connectivity index (χ1v) is 12.1. The van der Waals surface area contributed by atoms with Gasteiger partial charge < -0.3 is 10.6 Å². The average molecular weight is 475 g/mol. The summed E-state index contributed by atoms with van der Waals surface area (Å²) in [6.45, 7) is 2.62. The van der Waals surface area contributed by atoms with Crippen LogP contribution in [-0.4, -0.2) is 38.2 Å². The standard InChI is InChI=1S/C20H19FN6OS3/c1-13-11-17(27(26-13)15-6-4-14(21)5-7-15)23-18(28)12-30-20-25-24-19(31-20)22-9-8-16-3-2-10-29-16/h2-7,10-11H,8-9,12H2,1H3,(H,22,24)(H,23,28). The van der Waals surface area contributed by atoms with E-state index in [1.165, 1.54) is 40.1 Å². The normalized spacial score (nSPS) is 10.9. The third-order valence-corrected chi connectivity index (χ3v) is 7.08. The average Bonchev–Trinajstić information content (AvgIpc) is 3.49. The summed E-state index contributed by atoms with van der Waals surface area (Å²) in [6, 6.07) is 11.9. The highest BCUT2D eigenvalue weighted by Gasteiger charge is 2.13. The Morgan fingerprint density at radius 2 is 2.06 bits per heavy atom. The van der Waals surface area contributed by atoms with Crippen LogP contribution in [-0.2, 0) is 11.2 Å². The number of aromatic nitrogens is 4. The van der Waals surface area contributed by atoms with E-state index < -0.39 is 0 Å². The molecule has 4 rings (SSSR count). The minimum absolute atomic E-state index is 0.185. The number of thiophene rings is 1. The molecule has 1 amide bonds. The summed E-state index contributed by atoms with van der Waals surface area (Å²) in [5.41, 5.74) is 1.41. The molecular formula is C20H19FN6OS3. The Labute approximate surface area is 190 Å². The molecule has 0 fully saturated rings. The van der Waals surface area contributed by atoms with Crippen molar-refractivity contribution in [2.75, 3.05) is 22.9 Å². The van der Waals surface area contributed by atoms with Gasteiger partial charge in [-0.3, -0.25) is 4.79 Å². The zero-order valence-electron chi connectivity index (χ0n) is 16.5. The molecule has 0 aliphatic heterocycles. The summed E-state index contributed by atoms with van der Waals surface area (Å²) in [4.78, 5) is 13.8. The second-order valence-corrected chi connectivity index (χ2v) is 9.76. The molecule has 0 aliphatic rings. The van der Waals surface area contributed by atoms with E-state index in [1.807, 2.05) is 13.0 Å². The Balaban J connectivity index is 1.29. The highest BCUT2D eigenvalue weighted by Crippen LogP contribution is 2.26. The third-order valence-electron chi connectivity index (χ3n) is 4.13. The molecule has 3 heterocycles. The molecular weight excluding hydrogens is 455 g/mol. The molecule has 0 saturated carbocycles. The summed E-state index contributed by atoms with van der Waals surface area (Å²) < 4.78 is 15.5. The Morgan fingerprint density at radius 3 is 2.84 bits per heavy atom. The molecule has 3 aromatic heterocycles. The topological polar surface area (TPSA) is 84.7 Å². The minimum Gasteiger partial charge on any atom is -0.360 e. The van der Waals surface area contributed by atoms with Crippen LogP contribution in [0.4, 0.5) is 15.3 Å². The number of amides is 1. The molecule has 0 atom stereocenters. The van der Waals surface area contributed by atoms with Gasteiger partial charge in [0.15, 0.2) is 4.34 Å². The fourth-order valence-electron chi connectivity index (χ4n) is 2.76. The summed E-state index contributed by atoms with van der Waals surface area (Å²) in [6.07, 6.45) is 0.934. The van der Waals surface area contributed by atoms with Gasteiger partial charge in [-0.15, -0.1) is 21.5 Å². The van der Waals surface area contributed by atoms with Crippen LogP contribution in [0, 0.1) is 12.7 Å². The van der Waals surface area contributed by atoms with Gasteiger partial charge in [-0.2, -0.15) is 5.10 Å². The first-order valence-electron chi connectivity index (χ1n) is 9.42.